The summed E-state index contributed by atoms with van der Waals surface area (Å²) in [7, 11) is 0. The number of nitrogens with zero attached hydrogens (tertiary/aromatic N) is 1. The molecule has 7 nitrogen and oxygen atoms in total. The molecule has 0 spiro atoms. The molecule has 2 amide bonds. The Morgan fingerprint density at radius 1 is 1.08 bits per heavy atom. The van der Waals surface area contributed by atoms with Crippen LogP contribution in [0.2, 0.25) is 10.0 Å². The number of carbonyl (C=O) groups is 3. The molecule has 1 aromatic heterocycles. The van der Waals surface area contributed by atoms with Gasteiger partial charge in [-0.3, -0.25) is 14.4 Å². The van der Waals surface area contributed by atoms with E-state index in [1.165, 1.54) is 18.3 Å². The number of halogens is 2. The maximum absolute atomic E-state index is 12.4. The standard InChI is InChI=1S/C17H13Cl2N3O4/c18-11-2-1-3-12(19)14(11)16(24)21-8-4-5-20-13(6-8)22-15(23)9-7-10(9)17(25)26/h1-6,9-10H,7H2,(H,25,26)(H2,20,21,22,23,24)/t9-,10+/m1/s1. The first-order valence-electron chi connectivity index (χ1n) is 7.62. The highest BCUT2D eigenvalue weighted by molar-refractivity contribution is 6.40. The fraction of sp³-hybridized carbons (Fsp3) is 0.176. The van der Waals surface area contributed by atoms with E-state index < -0.39 is 29.6 Å². The van der Waals surface area contributed by atoms with Gasteiger partial charge in [0.05, 0.1) is 27.4 Å². The van der Waals surface area contributed by atoms with Crippen LogP contribution in [-0.4, -0.2) is 27.9 Å². The summed E-state index contributed by atoms with van der Waals surface area (Å²) < 4.78 is 0. The minimum Gasteiger partial charge on any atom is -0.481 e. The van der Waals surface area contributed by atoms with Crippen LogP contribution in [0.5, 0.6) is 0 Å². The largest absolute Gasteiger partial charge is 0.481 e. The van der Waals surface area contributed by atoms with Gasteiger partial charge in [-0.05, 0) is 24.6 Å². The van der Waals surface area contributed by atoms with Gasteiger partial charge in [-0.2, -0.15) is 0 Å². The number of carboxylic acid groups (broad SMARTS) is 1. The Kier molecular flexibility index (Phi) is 5.11. The molecule has 2 aromatic rings. The highest BCUT2D eigenvalue weighted by Crippen LogP contribution is 2.39. The van der Waals surface area contributed by atoms with E-state index in [1.807, 2.05) is 0 Å². The lowest BCUT2D eigenvalue weighted by Gasteiger charge is -2.10. The molecule has 2 atom stereocenters. The lowest BCUT2D eigenvalue weighted by atomic mass is 10.2. The molecule has 9 heteroatoms. The first kappa shape index (κ1) is 18.2. The summed E-state index contributed by atoms with van der Waals surface area (Å²) in [5.41, 5.74) is 0.516. The number of benzene rings is 1. The quantitative estimate of drug-likeness (QED) is 0.721. The number of hydrogen-bond acceptors (Lipinski definition) is 4. The Balaban J connectivity index is 1.69. The fourth-order valence-electron chi connectivity index (χ4n) is 2.46. The van der Waals surface area contributed by atoms with E-state index in [9.17, 15) is 14.4 Å². The number of anilines is 2. The van der Waals surface area contributed by atoms with E-state index in [0.717, 1.165) is 0 Å². The molecule has 0 aliphatic heterocycles. The van der Waals surface area contributed by atoms with Gasteiger partial charge in [0.15, 0.2) is 0 Å². The predicted octanol–water partition coefficient (Wildman–Crippen LogP) is 3.30. The van der Waals surface area contributed by atoms with Crippen LogP contribution >= 0.6 is 23.2 Å². The molecule has 0 saturated heterocycles. The van der Waals surface area contributed by atoms with Crippen LogP contribution in [0.15, 0.2) is 36.5 Å². The van der Waals surface area contributed by atoms with Crippen molar-refractivity contribution in [2.24, 2.45) is 11.8 Å². The number of pyridine rings is 1. The summed E-state index contributed by atoms with van der Waals surface area (Å²) in [6, 6.07) is 7.72. The van der Waals surface area contributed by atoms with E-state index in [0.29, 0.717) is 12.1 Å². The van der Waals surface area contributed by atoms with Gasteiger partial charge >= 0.3 is 5.97 Å². The van der Waals surface area contributed by atoms with Crippen LogP contribution in [0, 0.1) is 11.8 Å². The number of rotatable bonds is 5. The van der Waals surface area contributed by atoms with Gasteiger partial charge < -0.3 is 15.7 Å². The average Bonchev–Trinajstić information content (AvgIpc) is 3.36. The molecular formula is C17H13Cl2N3O4. The first-order valence-corrected chi connectivity index (χ1v) is 8.37. The predicted molar refractivity (Wildman–Crippen MR) is 96.5 cm³/mol. The molecule has 1 fully saturated rings. The van der Waals surface area contributed by atoms with Crippen LogP contribution in [0.3, 0.4) is 0 Å². The van der Waals surface area contributed by atoms with Gasteiger partial charge in [-0.1, -0.05) is 29.3 Å². The fourth-order valence-corrected chi connectivity index (χ4v) is 3.03. The van der Waals surface area contributed by atoms with Gasteiger partial charge in [0.2, 0.25) is 5.91 Å². The molecular weight excluding hydrogens is 381 g/mol. The summed E-state index contributed by atoms with van der Waals surface area (Å²) in [6.07, 6.45) is 1.71. The number of aliphatic carboxylic acids is 1. The third kappa shape index (κ3) is 3.95. The second-order valence-corrected chi connectivity index (χ2v) is 6.57. The van der Waals surface area contributed by atoms with Crippen molar-refractivity contribution in [2.75, 3.05) is 10.6 Å². The Hall–Kier alpha value is -2.64. The summed E-state index contributed by atoms with van der Waals surface area (Å²) >= 11 is 12.0. The number of carboxylic acids is 1. The molecule has 1 aromatic carbocycles. The van der Waals surface area contributed by atoms with E-state index in [2.05, 4.69) is 15.6 Å². The molecule has 134 valence electrons. The summed E-state index contributed by atoms with van der Waals surface area (Å²) in [6.45, 7) is 0. The monoisotopic (exact) mass is 393 g/mol. The van der Waals surface area contributed by atoms with E-state index in [-0.39, 0.29) is 21.4 Å². The van der Waals surface area contributed by atoms with E-state index in [1.54, 1.807) is 18.2 Å². The summed E-state index contributed by atoms with van der Waals surface area (Å²) in [5, 5.41) is 14.5. The van der Waals surface area contributed by atoms with Crippen molar-refractivity contribution in [2.45, 2.75) is 6.42 Å². The zero-order chi connectivity index (χ0) is 18.8. The number of carbonyl (C=O) groups excluding carboxylic acids is 2. The normalized spacial score (nSPS) is 18.1. The molecule has 1 saturated carbocycles. The van der Waals surface area contributed by atoms with Crippen molar-refractivity contribution in [3.05, 3.63) is 52.1 Å². The molecule has 0 bridgehead atoms. The third-order valence-corrected chi connectivity index (χ3v) is 4.53. The lowest BCUT2D eigenvalue weighted by molar-refractivity contribution is -0.139. The van der Waals surface area contributed by atoms with Crippen molar-refractivity contribution >= 4 is 52.5 Å². The van der Waals surface area contributed by atoms with Gasteiger partial charge in [-0.15, -0.1) is 0 Å². The van der Waals surface area contributed by atoms with Gasteiger partial charge in [0.25, 0.3) is 5.91 Å². The van der Waals surface area contributed by atoms with Crippen molar-refractivity contribution in [3.8, 4) is 0 Å². The summed E-state index contributed by atoms with van der Waals surface area (Å²) in [5.74, 6) is -2.92. The summed E-state index contributed by atoms with van der Waals surface area (Å²) in [4.78, 5) is 39.2. The molecule has 0 unspecified atom stereocenters. The van der Waals surface area contributed by atoms with Crippen molar-refractivity contribution < 1.29 is 19.5 Å². The SMILES string of the molecule is O=C(Nc1ccnc(NC(=O)[C@@H]2C[C@@H]2C(=O)O)c1)c1c(Cl)cccc1Cl. The highest BCUT2D eigenvalue weighted by Gasteiger charge is 2.48. The molecule has 1 aliphatic rings. The van der Waals surface area contributed by atoms with Gasteiger partial charge in [0.1, 0.15) is 5.82 Å². The minimum absolute atomic E-state index is 0.139. The van der Waals surface area contributed by atoms with Crippen LogP contribution in [-0.2, 0) is 9.59 Å². The van der Waals surface area contributed by atoms with Crippen molar-refractivity contribution in [1.29, 1.82) is 0 Å². The van der Waals surface area contributed by atoms with E-state index >= 15 is 0 Å². The number of amides is 2. The molecule has 26 heavy (non-hydrogen) atoms. The Bertz CT molecular complexity index is 883. The second-order valence-electron chi connectivity index (χ2n) is 5.76. The number of aromatic nitrogens is 1. The van der Waals surface area contributed by atoms with Crippen LogP contribution in [0.4, 0.5) is 11.5 Å². The van der Waals surface area contributed by atoms with Crippen LogP contribution in [0.25, 0.3) is 0 Å². The number of nitrogens with one attached hydrogen (secondary N) is 2. The zero-order valence-electron chi connectivity index (χ0n) is 13.2. The van der Waals surface area contributed by atoms with Gasteiger partial charge in [0, 0.05) is 18.0 Å². The van der Waals surface area contributed by atoms with E-state index in [4.69, 9.17) is 28.3 Å². The van der Waals surface area contributed by atoms with Crippen LogP contribution in [0.1, 0.15) is 16.8 Å². The smallest absolute Gasteiger partial charge is 0.307 e. The molecule has 0 radical (unpaired) electrons. The van der Waals surface area contributed by atoms with Crippen LogP contribution < -0.4 is 10.6 Å². The number of hydrogen-bond donors (Lipinski definition) is 3. The molecule has 1 aliphatic carbocycles. The second kappa shape index (κ2) is 7.31. The zero-order valence-corrected chi connectivity index (χ0v) is 14.7. The Labute approximate surface area is 158 Å². The van der Waals surface area contributed by atoms with Gasteiger partial charge in [-0.25, -0.2) is 4.98 Å². The van der Waals surface area contributed by atoms with Crippen molar-refractivity contribution in [3.63, 3.8) is 0 Å². The third-order valence-electron chi connectivity index (χ3n) is 3.90. The highest BCUT2D eigenvalue weighted by atomic mass is 35.5. The molecule has 3 rings (SSSR count). The Morgan fingerprint density at radius 3 is 2.38 bits per heavy atom. The first-order chi connectivity index (χ1) is 12.4. The molecule has 3 N–H and O–H groups in total. The van der Waals surface area contributed by atoms with Crippen molar-refractivity contribution in [1.82, 2.24) is 4.98 Å². The lowest BCUT2D eigenvalue weighted by Crippen LogP contribution is -2.18. The average molecular weight is 394 g/mol. The molecule has 1 heterocycles. The maximum atomic E-state index is 12.4. The maximum Gasteiger partial charge on any atom is 0.307 e. The Morgan fingerprint density at radius 2 is 1.77 bits per heavy atom. The topological polar surface area (TPSA) is 108 Å². The minimum atomic E-state index is -0.990.